The predicted molar refractivity (Wildman–Crippen MR) is 80.6 cm³/mol. The molecule has 1 heterocycles. The number of hydrogen-bond donors (Lipinski definition) is 1. The van der Waals surface area contributed by atoms with Crippen LogP contribution in [-0.2, 0) is 14.3 Å². The summed E-state index contributed by atoms with van der Waals surface area (Å²) in [5, 5.41) is 2.49. The molecule has 3 amide bonds. The van der Waals surface area contributed by atoms with Gasteiger partial charge in [0.15, 0.2) is 0 Å². The van der Waals surface area contributed by atoms with Crippen molar-refractivity contribution < 1.29 is 23.9 Å². The number of benzene rings is 1. The Bertz CT molecular complexity index is 660. The molecule has 0 radical (unpaired) electrons. The van der Waals surface area contributed by atoms with E-state index in [1.807, 2.05) is 0 Å². The number of esters is 1. The van der Waals surface area contributed by atoms with Crippen molar-refractivity contribution in [3.63, 3.8) is 0 Å². The van der Waals surface area contributed by atoms with Crippen LogP contribution in [0.5, 0.6) is 0 Å². The first kappa shape index (κ1) is 16.7. The molecule has 1 aliphatic heterocycles. The van der Waals surface area contributed by atoms with Crippen molar-refractivity contribution in [2.24, 2.45) is 0 Å². The number of hydrogen-bond acceptors (Lipinski definition) is 5. The molecule has 0 spiro atoms. The molecule has 23 heavy (non-hydrogen) atoms. The van der Waals surface area contributed by atoms with Crippen LogP contribution in [0.4, 0.5) is 0 Å². The lowest BCUT2D eigenvalue weighted by Crippen LogP contribution is -2.56. The molecule has 0 saturated heterocycles. The van der Waals surface area contributed by atoms with Crippen molar-refractivity contribution in [1.29, 1.82) is 0 Å². The Kier molecular flexibility index (Phi) is 4.22. The largest absolute Gasteiger partial charge is 0.467 e. The number of carbonyl (C=O) groups excluding carboxylic acids is 4. The lowest BCUT2D eigenvalue weighted by atomic mass is 10.1. The van der Waals surface area contributed by atoms with Crippen molar-refractivity contribution in [1.82, 2.24) is 10.2 Å². The molecule has 0 aromatic heterocycles. The number of ether oxygens (including phenoxy) is 1. The number of amides is 3. The third-order valence-corrected chi connectivity index (χ3v) is 3.72. The molecular weight excluding hydrogens is 300 g/mol. The van der Waals surface area contributed by atoms with E-state index in [4.69, 9.17) is 0 Å². The highest BCUT2D eigenvalue weighted by Gasteiger charge is 2.42. The molecule has 7 heteroatoms. The van der Waals surface area contributed by atoms with Crippen LogP contribution in [0.15, 0.2) is 24.3 Å². The van der Waals surface area contributed by atoms with E-state index in [1.54, 1.807) is 24.3 Å². The first-order chi connectivity index (χ1) is 10.7. The summed E-state index contributed by atoms with van der Waals surface area (Å²) in [4.78, 5) is 49.6. The van der Waals surface area contributed by atoms with Crippen LogP contribution < -0.4 is 5.32 Å². The van der Waals surface area contributed by atoms with Crippen LogP contribution in [0.3, 0.4) is 0 Å². The van der Waals surface area contributed by atoms with Crippen LogP contribution in [0.2, 0.25) is 0 Å². The number of rotatable bonds is 4. The molecule has 1 unspecified atom stereocenters. The van der Waals surface area contributed by atoms with Gasteiger partial charge in [-0.2, -0.15) is 0 Å². The van der Waals surface area contributed by atoms with Crippen LogP contribution in [0.25, 0.3) is 0 Å². The third kappa shape index (κ3) is 2.81. The van der Waals surface area contributed by atoms with E-state index in [9.17, 15) is 19.2 Å². The number of nitrogens with zero attached hydrogens (tertiary/aromatic N) is 1. The first-order valence-corrected chi connectivity index (χ1v) is 7.08. The maximum absolute atomic E-state index is 12.3. The molecule has 1 atom stereocenters. The van der Waals surface area contributed by atoms with Gasteiger partial charge in [0.25, 0.3) is 11.8 Å². The van der Waals surface area contributed by atoms with E-state index in [1.165, 1.54) is 27.9 Å². The summed E-state index contributed by atoms with van der Waals surface area (Å²) in [5.41, 5.74) is -0.729. The molecule has 1 aliphatic rings. The van der Waals surface area contributed by atoms with Crippen LogP contribution in [0.1, 0.15) is 41.5 Å². The predicted octanol–water partition coefficient (Wildman–Crippen LogP) is 0.739. The number of carbonyl (C=O) groups is 4. The summed E-state index contributed by atoms with van der Waals surface area (Å²) in [6.07, 6.45) is 0. The third-order valence-electron chi connectivity index (χ3n) is 3.72. The standard InChI is InChI=1S/C16H18N2O5/c1-9(12(19)17-16(2,3)15(22)23-4)18-13(20)10-7-5-6-8-11(10)14(18)21/h5-9H,1-4H3,(H,17,19). The zero-order valence-corrected chi connectivity index (χ0v) is 13.4. The Morgan fingerprint density at radius 3 is 2.04 bits per heavy atom. The van der Waals surface area contributed by atoms with Crippen molar-refractivity contribution in [3.8, 4) is 0 Å². The molecule has 0 bridgehead atoms. The summed E-state index contributed by atoms with van der Waals surface area (Å²) < 4.78 is 4.61. The second-order valence-electron chi connectivity index (χ2n) is 5.81. The molecule has 0 aliphatic carbocycles. The molecule has 1 aromatic rings. The Labute approximate surface area is 133 Å². The van der Waals surface area contributed by atoms with Gasteiger partial charge in [0.1, 0.15) is 11.6 Å². The highest BCUT2D eigenvalue weighted by molar-refractivity contribution is 6.22. The highest BCUT2D eigenvalue weighted by atomic mass is 16.5. The van der Waals surface area contributed by atoms with E-state index < -0.39 is 35.3 Å². The lowest BCUT2D eigenvalue weighted by Gasteiger charge is -2.28. The van der Waals surface area contributed by atoms with E-state index in [-0.39, 0.29) is 11.1 Å². The summed E-state index contributed by atoms with van der Waals surface area (Å²) in [6, 6.07) is 5.33. The number of imide groups is 1. The van der Waals surface area contributed by atoms with Crippen molar-refractivity contribution in [2.75, 3.05) is 7.11 Å². The first-order valence-electron chi connectivity index (χ1n) is 7.08. The maximum Gasteiger partial charge on any atom is 0.330 e. The summed E-state index contributed by atoms with van der Waals surface area (Å²) >= 11 is 0. The normalized spacial score (nSPS) is 15.2. The van der Waals surface area contributed by atoms with Gasteiger partial charge in [0.2, 0.25) is 5.91 Å². The van der Waals surface area contributed by atoms with Gasteiger partial charge in [-0.15, -0.1) is 0 Å². The van der Waals surface area contributed by atoms with Gasteiger partial charge in [0.05, 0.1) is 18.2 Å². The summed E-state index contributed by atoms with van der Waals surface area (Å²) in [5.74, 6) is -2.29. The van der Waals surface area contributed by atoms with Crippen LogP contribution in [-0.4, -0.2) is 47.3 Å². The minimum atomic E-state index is -1.27. The van der Waals surface area contributed by atoms with Gasteiger partial charge in [-0.1, -0.05) is 12.1 Å². The van der Waals surface area contributed by atoms with Crippen molar-refractivity contribution in [3.05, 3.63) is 35.4 Å². The fourth-order valence-corrected chi connectivity index (χ4v) is 2.40. The molecular formula is C16H18N2O5. The molecule has 2 rings (SSSR count). The Hall–Kier alpha value is -2.70. The average Bonchev–Trinajstić information content (AvgIpc) is 2.77. The highest BCUT2D eigenvalue weighted by Crippen LogP contribution is 2.24. The van der Waals surface area contributed by atoms with E-state index in [0.717, 1.165) is 4.90 Å². The SMILES string of the molecule is COC(=O)C(C)(C)NC(=O)C(C)N1C(=O)c2ccccc2C1=O. The smallest absolute Gasteiger partial charge is 0.330 e. The van der Waals surface area contributed by atoms with Crippen LogP contribution >= 0.6 is 0 Å². The van der Waals surface area contributed by atoms with E-state index in [0.29, 0.717) is 0 Å². The average molecular weight is 318 g/mol. The Morgan fingerprint density at radius 1 is 1.13 bits per heavy atom. The quantitative estimate of drug-likeness (QED) is 0.653. The lowest BCUT2D eigenvalue weighted by molar-refractivity contribution is -0.149. The monoisotopic (exact) mass is 318 g/mol. The summed E-state index contributed by atoms with van der Waals surface area (Å²) in [7, 11) is 1.21. The Balaban J connectivity index is 2.20. The maximum atomic E-state index is 12.3. The topological polar surface area (TPSA) is 92.8 Å². The molecule has 7 nitrogen and oxygen atoms in total. The fourth-order valence-electron chi connectivity index (χ4n) is 2.40. The number of nitrogens with one attached hydrogen (secondary N) is 1. The van der Waals surface area contributed by atoms with E-state index >= 15 is 0 Å². The molecule has 1 N–H and O–H groups in total. The number of fused-ring (bicyclic) bond motifs is 1. The van der Waals surface area contributed by atoms with Gasteiger partial charge in [-0.25, -0.2) is 4.79 Å². The van der Waals surface area contributed by atoms with E-state index in [2.05, 4.69) is 10.1 Å². The van der Waals surface area contributed by atoms with Gasteiger partial charge in [0, 0.05) is 0 Å². The molecule has 0 fully saturated rings. The number of methoxy groups -OCH3 is 1. The van der Waals surface area contributed by atoms with Gasteiger partial charge >= 0.3 is 5.97 Å². The van der Waals surface area contributed by atoms with Gasteiger partial charge in [-0.3, -0.25) is 19.3 Å². The zero-order chi connectivity index (χ0) is 17.4. The minimum Gasteiger partial charge on any atom is -0.467 e. The van der Waals surface area contributed by atoms with Gasteiger partial charge < -0.3 is 10.1 Å². The molecule has 1 aromatic carbocycles. The second kappa shape index (κ2) is 5.83. The second-order valence-corrected chi connectivity index (χ2v) is 5.81. The minimum absolute atomic E-state index is 0.268. The Morgan fingerprint density at radius 2 is 1.61 bits per heavy atom. The molecule has 0 saturated carbocycles. The van der Waals surface area contributed by atoms with Crippen molar-refractivity contribution >= 4 is 23.7 Å². The molecule has 122 valence electrons. The van der Waals surface area contributed by atoms with Crippen LogP contribution in [0, 0.1) is 0 Å². The zero-order valence-electron chi connectivity index (χ0n) is 13.4. The van der Waals surface area contributed by atoms with Crippen molar-refractivity contribution in [2.45, 2.75) is 32.4 Å². The fraction of sp³-hybridized carbons (Fsp3) is 0.375. The summed E-state index contributed by atoms with van der Waals surface area (Å²) in [6.45, 7) is 4.39. The van der Waals surface area contributed by atoms with Gasteiger partial charge in [-0.05, 0) is 32.9 Å².